The summed E-state index contributed by atoms with van der Waals surface area (Å²) in [5, 5.41) is 20.7. The fourth-order valence-corrected chi connectivity index (χ4v) is 3.88. The molecule has 6 heteroatoms. The molecule has 5 nitrogen and oxygen atoms in total. The molecule has 0 aliphatic rings. The lowest BCUT2D eigenvalue weighted by atomic mass is 9.87. The largest absolute Gasteiger partial charge is 0.481 e. The molecule has 0 saturated carbocycles. The molecule has 3 aromatic carbocycles. The summed E-state index contributed by atoms with van der Waals surface area (Å²) < 4.78 is 0. The third-order valence-corrected chi connectivity index (χ3v) is 5.41. The predicted molar refractivity (Wildman–Crippen MR) is 138 cm³/mol. The fraction of sp³-hybridized carbons (Fsp3) is 0.250. The normalized spacial score (nSPS) is 11.1. The van der Waals surface area contributed by atoms with Gasteiger partial charge in [-0.1, -0.05) is 41.9 Å². The van der Waals surface area contributed by atoms with Gasteiger partial charge < -0.3 is 10.2 Å². The summed E-state index contributed by atoms with van der Waals surface area (Å²) in [5.74, 6) is -0.851. The van der Waals surface area contributed by atoms with E-state index in [1.807, 2.05) is 56.4 Å². The third kappa shape index (κ3) is 6.40. The van der Waals surface area contributed by atoms with Gasteiger partial charge in [0.1, 0.15) is 6.33 Å². The Kier molecular flexibility index (Phi) is 7.70. The lowest BCUT2D eigenvalue weighted by Gasteiger charge is -2.17. The quantitative estimate of drug-likeness (QED) is 0.345. The monoisotopic (exact) mass is 476 g/mol. The van der Waals surface area contributed by atoms with Crippen LogP contribution in [0.5, 0.6) is 0 Å². The molecule has 0 bridgehead atoms. The van der Waals surface area contributed by atoms with E-state index in [2.05, 4.69) is 22.1 Å². The van der Waals surface area contributed by atoms with Gasteiger partial charge in [0.15, 0.2) is 0 Å². The maximum atomic E-state index is 11.5. The number of aliphatic carboxylic acids is 1. The second kappa shape index (κ2) is 10.3. The molecule has 1 heterocycles. The summed E-state index contributed by atoms with van der Waals surface area (Å²) in [6.07, 6.45) is 3.32. The Labute approximate surface area is 205 Å². The summed E-state index contributed by atoms with van der Waals surface area (Å²) in [6, 6.07) is 15.8. The van der Waals surface area contributed by atoms with E-state index in [9.17, 15) is 9.90 Å². The average molecular weight is 477 g/mol. The van der Waals surface area contributed by atoms with Crippen molar-refractivity contribution in [3.8, 4) is 22.3 Å². The van der Waals surface area contributed by atoms with Crippen molar-refractivity contribution in [1.29, 1.82) is 0 Å². The molecule has 0 radical (unpaired) electrons. The first-order chi connectivity index (χ1) is 15.9. The molecular formula is C28H29ClN2O3. The van der Waals surface area contributed by atoms with Crippen molar-refractivity contribution in [3.63, 3.8) is 0 Å². The number of benzene rings is 3. The van der Waals surface area contributed by atoms with E-state index < -0.39 is 11.6 Å². The molecule has 0 atom stereocenters. The number of carbonyl (C=O) groups is 1. The number of nitrogens with zero attached hydrogens (tertiary/aromatic N) is 2. The Hall–Kier alpha value is -3.28. The van der Waals surface area contributed by atoms with Crippen LogP contribution in [0.15, 0.2) is 61.1 Å². The topological polar surface area (TPSA) is 83.3 Å². The van der Waals surface area contributed by atoms with Gasteiger partial charge in [0.2, 0.25) is 0 Å². The van der Waals surface area contributed by atoms with Crippen molar-refractivity contribution in [2.75, 3.05) is 0 Å². The smallest absolute Gasteiger partial charge is 0.307 e. The van der Waals surface area contributed by atoms with Gasteiger partial charge in [0, 0.05) is 22.5 Å². The summed E-state index contributed by atoms with van der Waals surface area (Å²) in [6.45, 7) is 9.15. The highest BCUT2D eigenvalue weighted by Crippen LogP contribution is 2.37. The number of halogens is 1. The van der Waals surface area contributed by atoms with E-state index in [1.54, 1.807) is 27.1 Å². The van der Waals surface area contributed by atoms with Crippen LogP contribution in [0.4, 0.5) is 0 Å². The molecule has 4 aromatic rings. The summed E-state index contributed by atoms with van der Waals surface area (Å²) in [4.78, 5) is 20.0. The van der Waals surface area contributed by atoms with E-state index in [1.165, 1.54) is 0 Å². The van der Waals surface area contributed by atoms with Crippen LogP contribution >= 0.6 is 11.6 Å². The SMILES string of the molecule is CC(C)(C)O.Cc1cc2cc(-c3cncnc3C)ccc2c(-c2ccc(Cl)cc2)c1CC(=O)O. The van der Waals surface area contributed by atoms with Gasteiger partial charge in [0.05, 0.1) is 12.0 Å². The molecule has 1 aromatic heterocycles. The van der Waals surface area contributed by atoms with Crippen LogP contribution in [0.25, 0.3) is 33.0 Å². The van der Waals surface area contributed by atoms with E-state index in [0.717, 1.165) is 49.8 Å². The van der Waals surface area contributed by atoms with E-state index in [0.29, 0.717) is 5.02 Å². The second-order valence-corrected chi connectivity index (χ2v) is 9.69. The number of aliphatic hydroxyl groups is 1. The first-order valence-corrected chi connectivity index (χ1v) is 11.3. The number of aryl methyl sites for hydroxylation is 2. The van der Waals surface area contributed by atoms with Crippen LogP contribution in [0.2, 0.25) is 5.02 Å². The van der Waals surface area contributed by atoms with Crippen molar-refractivity contribution >= 4 is 28.3 Å². The lowest BCUT2D eigenvalue weighted by molar-refractivity contribution is -0.136. The van der Waals surface area contributed by atoms with Crippen LogP contribution < -0.4 is 0 Å². The zero-order valence-corrected chi connectivity index (χ0v) is 20.8. The molecule has 4 rings (SSSR count). The van der Waals surface area contributed by atoms with E-state index in [4.69, 9.17) is 16.7 Å². The third-order valence-electron chi connectivity index (χ3n) is 5.15. The number of fused-ring (bicyclic) bond motifs is 1. The molecule has 0 saturated heterocycles. The van der Waals surface area contributed by atoms with Gasteiger partial charge in [-0.2, -0.15) is 0 Å². The highest BCUT2D eigenvalue weighted by Gasteiger charge is 2.17. The summed E-state index contributed by atoms with van der Waals surface area (Å²) in [7, 11) is 0. The Morgan fingerprint density at radius 1 is 1.00 bits per heavy atom. The van der Waals surface area contributed by atoms with Crippen molar-refractivity contribution in [2.24, 2.45) is 0 Å². The number of hydrogen-bond acceptors (Lipinski definition) is 4. The Balaban J connectivity index is 0.000000588. The molecule has 0 aliphatic carbocycles. The Morgan fingerprint density at radius 2 is 1.62 bits per heavy atom. The molecule has 176 valence electrons. The zero-order chi connectivity index (χ0) is 25.0. The molecule has 0 spiro atoms. The van der Waals surface area contributed by atoms with E-state index >= 15 is 0 Å². The van der Waals surface area contributed by atoms with Crippen LogP contribution in [0, 0.1) is 13.8 Å². The number of carboxylic acid groups (broad SMARTS) is 1. The molecule has 0 fully saturated rings. The first-order valence-electron chi connectivity index (χ1n) is 11.0. The average Bonchev–Trinajstić information content (AvgIpc) is 2.74. The van der Waals surface area contributed by atoms with Crippen molar-refractivity contribution < 1.29 is 15.0 Å². The predicted octanol–water partition coefficient (Wildman–Crippen LogP) is 6.64. The van der Waals surface area contributed by atoms with Crippen molar-refractivity contribution in [1.82, 2.24) is 9.97 Å². The number of aromatic nitrogens is 2. The molecular weight excluding hydrogens is 448 g/mol. The fourth-order valence-electron chi connectivity index (χ4n) is 3.76. The highest BCUT2D eigenvalue weighted by molar-refractivity contribution is 6.30. The Morgan fingerprint density at radius 3 is 2.21 bits per heavy atom. The summed E-state index contributed by atoms with van der Waals surface area (Å²) >= 11 is 6.07. The number of rotatable bonds is 4. The summed E-state index contributed by atoms with van der Waals surface area (Å²) in [5.41, 5.74) is 6.08. The van der Waals surface area contributed by atoms with E-state index in [-0.39, 0.29) is 6.42 Å². The van der Waals surface area contributed by atoms with Gasteiger partial charge >= 0.3 is 5.97 Å². The van der Waals surface area contributed by atoms with Gasteiger partial charge in [-0.05, 0) is 91.4 Å². The number of hydrogen-bond donors (Lipinski definition) is 2. The second-order valence-electron chi connectivity index (χ2n) is 9.25. The number of carboxylic acids is 1. The first kappa shape index (κ1) is 25.3. The van der Waals surface area contributed by atoms with Gasteiger partial charge in [-0.25, -0.2) is 9.97 Å². The maximum Gasteiger partial charge on any atom is 0.307 e. The van der Waals surface area contributed by atoms with Crippen molar-refractivity contribution in [3.05, 3.63) is 82.9 Å². The molecule has 2 N–H and O–H groups in total. The van der Waals surface area contributed by atoms with Crippen LogP contribution in [-0.4, -0.2) is 31.8 Å². The minimum Gasteiger partial charge on any atom is -0.481 e. The molecule has 0 unspecified atom stereocenters. The molecule has 34 heavy (non-hydrogen) atoms. The highest BCUT2D eigenvalue weighted by atomic mass is 35.5. The van der Waals surface area contributed by atoms with Gasteiger partial charge in [-0.3, -0.25) is 4.79 Å². The van der Waals surface area contributed by atoms with Crippen molar-refractivity contribution in [2.45, 2.75) is 46.6 Å². The minimum absolute atomic E-state index is 0.0346. The minimum atomic E-state index is -0.851. The molecule has 0 aliphatic heterocycles. The lowest BCUT2D eigenvalue weighted by Crippen LogP contribution is -2.10. The van der Waals surface area contributed by atoms with Gasteiger partial charge in [-0.15, -0.1) is 0 Å². The Bertz CT molecular complexity index is 1320. The maximum absolute atomic E-state index is 11.5. The van der Waals surface area contributed by atoms with Crippen LogP contribution in [0.3, 0.4) is 0 Å². The van der Waals surface area contributed by atoms with Crippen LogP contribution in [-0.2, 0) is 11.2 Å². The molecule has 0 amide bonds. The van der Waals surface area contributed by atoms with Crippen LogP contribution in [0.1, 0.15) is 37.6 Å². The van der Waals surface area contributed by atoms with Gasteiger partial charge in [0.25, 0.3) is 0 Å². The zero-order valence-electron chi connectivity index (χ0n) is 20.1. The standard InChI is InChI=1S/C24H19ClN2O2.C4H10O/c1-14-9-18-10-17(22-12-26-13-27-15(22)2)5-8-20(18)24(21(14)11-23(28)29)16-3-6-19(25)7-4-16;1-4(2,3)5/h3-10,12-13H,11H2,1-2H3,(H,28,29);5H,1-3H3.